The second kappa shape index (κ2) is 16.7. The van der Waals surface area contributed by atoms with Crippen molar-refractivity contribution >= 4 is 45.5 Å². The predicted molar refractivity (Wildman–Crippen MR) is 276 cm³/mol. The van der Waals surface area contributed by atoms with E-state index in [0.29, 0.717) is 0 Å². The predicted octanol–water partition coefficient (Wildman–Crippen LogP) is 16.8. The second-order valence-corrected chi connectivity index (χ2v) is 16.6. The van der Waals surface area contributed by atoms with E-state index in [-0.39, 0.29) is 0 Å². The molecule has 0 N–H and O–H groups in total. The fraction of sp³-hybridized carbons (Fsp3) is 0. The highest BCUT2D eigenvalue weighted by atomic mass is 15.5. The molecule has 0 saturated heterocycles. The summed E-state index contributed by atoms with van der Waals surface area (Å²) in [5, 5.41) is 0. The second-order valence-electron chi connectivity index (χ2n) is 16.6. The summed E-state index contributed by atoms with van der Waals surface area (Å²) in [6.45, 7) is 0. The van der Waals surface area contributed by atoms with Gasteiger partial charge < -0.3 is 0 Å². The van der Waals surface area contributed by atoms with Crippen LogP contribution in [0.3, 0.4) is 0 Å². The van der Waals surface area contributed by atoms with Crippen molar-refractivity contribution in [2.24, 2.45) is 0 Å². The van der Waals surface area contributed by atoms with Gasteiger partial charge in [-0.3, -0.25) is 19.6 Å². The molecule has 0 radical (unpaired) electrons. The Bertz CT molecular complexity index is 2880. The van der Waals surface area contributed by atoms with Crippen molar-refractivity contribution in [3.63, 3.8) is 0 Å². The van der Waals surface area contributed by atoms with Gasteiger partial charge in [0.1, 0.15) is 0 Å². The summed E-state index contributed by atoms with van der Waals surface area (Å²) in [5.74, 6) is 2.00. The molecule has 0 unspecified atom stereocenters. The number of fused-ring (bicyclic) bond motifs is 2. The molecule has 0 aliphatic carbocycles. The van der Waals surface area contributed by atoms with Gasteiger partial charge in [-0.2, -0.15) is 0 Å². The molecule has 312 valence electrons. The van der Waals surface area contributed by atoms with Crippen LogP contribution in [0.1, 0.15) is 0 Å². The van der Waals surface area contributed by atoms with Crippen molar-refractivity contribution in [2.45, 2.75) is 0 Å². The first kappa shape index (κ1) is 38.8. The average molecular weight is 845 g/mol. The lowest BCUT2D eigenvalue weighted by atomic mass is 9.93. The molecule has 0 atom stereocenters. The van der Waals surface area contributed by atoms with Crippen LogP contribution in [0.5, 0.6) is 0 Å². The molecule has 10 aromatic rings. The number of benzene rings is 10. The quantitative estimate of drug-likeness (QED) is 0.151. The molecule has 0 saturated carbocycles. The third-order valence-electron chi connectivity index (χ3n) is 12.6. The maximum absolute atomic E-state index is 2.48. The number of anilines is 8. The van der Waals surface area contributed by atoms with Gasteiger partial charge in [0.05, 0.1) is 22.7 Å². The average Bonchev–Trinajstić information content (AvgIpc) is 3.92. The molecule has 4 heteroatoms. The molecule has 2 aliphatic heterocycles. The van der Waals surface area contributed by atoms with Gasteiger partial charge in [0.15, 0.2) is 11.6 Å². The summed E-state index contributed by atoms with van der Waals surface area (Å²) in [6.07, 6.45) is 0. The standard InChI is InChI=1S/C62H44N4/c1-9-25-45(26-10-1)53-41-57-58(42-54(53)46-27-11-2-12-28-46)64(50-35-19-6-20-36-50)61(63(57)49-33-17-5-18-34-49)62-65(51-37-21-7-22-38-51)59-43-55(47-29-13-3-14-30-47)56(48-31-15-4-16-32-48)44-60(59)66(62)52-39-23-8-24-40-52/h1-44H. The van der Waals surface area contributed by atoms with E-state index in [4.69, 9.17) is 0 Å². The summed E-state index contributed by atoms with van der Waals surface area (Å²) in [4.78, 5) is 9.92. The third kappa shape index (κ3) is 6.72. The molecule has 10 aromatic carbocycles. The summed E-state index contributed by atoms with van der Waals surface area (Å²) >= 11 is 0. The minimum atomic E-state index is 0.998. The van der Waals surface area contributed by atoms with Crippen LogP contribution in [0.25, 0.3) is 44.5 Å². The minimum absolute atomic E-state index is 0.998. The van der Waals surface area contributed by atoms with E-state index in [1.807, 2.05) is 0 Å². The normalized spacial score (nSPS) is 13.0. The largest absolute Gasteiger partial charge is 0.291 e. The molecule has 2 aliphatic rings. The number of hydrogen-bond acceptors (Lipinski definition) is 4. The zero-order valence-corrected chi connectivity index (χ0v) is 36.2. The van der Waals surface area contributed by atoms with E-state index in [1.165, 1.54) is 0 Å². The first-order chi connectivity index (χ1) is 32.8. The Morgan fingerprint density at radius 3 is 0.530 bits per heavy atom. The lowest BCUT2D eigenvalue weighted by Crippen LogP contribution is -2.33. The highest BCUT2D eigenvalue weighted by Crippen LogP contribution is 2.59. The van der Waals surface area contributed by atoms with Crippen LogP contribution in [-0.2, 0) is 0 Å². The molecule has 0 spiro atoms. The lowest BCUT2D eigenvalue weighted by molar-refractivity contribution is 1.01. The molecule has 0 bridgehead atoms. The Balaban J connectivity index is 1.25. The van der Waals surface area contributed by atoms with Crippen LogP contribution < -0.4 is 19.6 Å². The Kier molecular flexibility index (Phi) is 9.81. The van der Waals surface area contributed by atoms with Crippen LogP contribution in [0.4, 0.5) is 45.5 Å². The SMILES string of the molecule is c1ccc(-c2cc3c(cc2-c2ccccc2)N(c2ccccc2)C(=C2N(c4ccccc4)c4cc(-c5ccccc5)c(-c5ccccc5)cc4N2c2ccccc2)N3c2ccccc2)cc1. The van der Waals surface area contributed by atoms with Gasteiger partial charge in [-0.05, 0) is 117 Å². The highest BCUT2D eigenvalue weighted by molar-refractivity contribution is 6.05. The van der Waals surface area contributed by atoms with E-state index in [9.17, 15) is 0 Å². The fourth-order valence-electron chi connectivity index (χ4n) is 9.71. The Morgan fingerprint density at radius 2 is 0.348 bits per heavy atom. The molecule has 12 rings (SSSR count). The Morgan fingerprint density at radius 1 is 0.182 bits per heavy atom. The lowest BCUT2D eigenvalue weighted by Gasteiger charge is -2.34. The Hall–Kier alpha value is -8.86. The summed E-state index contributed by atoms with van der Waals surface area (Å²) in [6, 6.07) is 96.3. The Labute approximate surface area is 386 Å². The maximum atomic E-state index is 2.48. The molecular weight excluding hydrogens is 801 g/mol. The fourth-order valence-corrected chi connectivity index (χ4v) is 9.71. The van der Waals surface area contributed by atoms with Gasteiger partial charge >= 0.3 is 0 Å². The molecule has 0 aromatic heterocycles. The van der Waals surface area contributed by atoms with E-state index < -0.39 is 0 Å². The molecule has 0 amide bonds. The van der Waals surface area contributed by atoms with Crippen molar-refractivity contribution in [3.05, 3.63) is 279 Å². The van der Waals surface area contributed by atoms with Crippen LogP contribution in [0.15, 0.2) is 279 Å². The van der Waals surface area contributed by atoms with Gasteiger partial charge in [-0.25, -0.2) is 0 Å². The van der Waals surface area contributed by atoms with Crippen molar-refractivity contribution in [2.75, 3.05) is 19.6 Å². The number of rotatable bonds is 8. The number of para-hydroxylation sites is 4. The smallest absolute Gasteiger partial charge is 0.166 e. The van der Waals surface area contributed by atoms with Gasteiger partial charge in [0, 0.05) is 22.7 Å². The van der Waals surface area contributed by atoms with Crippen molar-refractivity contribution in [1.29, 1.82) is 0 Å². The van der Waals surface area contributed by atoms with E-state index in [1.54, 1.807) is 0 Å². The van der Waals surface area contributed by atoms with E-state index in [2.05, 4.69) is 287 Å². The maximum Gasteiger partial charge on any atom is 0.166 e. The van der Waals surface area contributed by atoms with Gasteiger partial charge in [-0.15, -0.1) is 0 Å². The summed E-state index contributed by atoms with van der Waals surface area (Å²) in [5.41, 5.74) is 17.8. The van der Waals surface area contributed by atoms with Gasteiger partial charge in [0.25, 0.3) is 0 Å². The van der Waals surface area contributed by atoms with Crippen molar-refractivity contribution in [3.8, 4) is 44.5 Å². The van der Waals surface area contributed by atoms with Gasteiger partial charge in [-0.1, -0.05) is 194 Å². The van der Waals surface area contributed by atoms with Gasteiger partial charge in [0.2, 0.25) is 0 Å². The molecule has 2 heterocycles. The third-order valence-corrected chi connectivity index (χ3v) is 12.6. The molecule has 4 nitrogen and oxygen atoms in total. The first-order valence-corrected chi connectivity index (χ1v) is 22.5. The van der Waals surface area contributed by atoms with Crippen molar-refractivity contribution < 1.29 is 0 Å². The number of hydrogen-bond donors (Lipinski definition) is 0. The summed E-state index contributed by atoms with van der Waals surface area (Å²) < 4.78 is 0. The molecular formula is C62H44N4. The van der Waals surface area contributed by atoms with Crippen LogP contribution in [0, 0.1) is 0 Å². The monoisotopic (exact) mass is 844 g/mol. The topological polar surface area (TPSA) is 13.0 Å². The minimum Gasteiger partial charge on any atom is -0.291 e. The molecule has 0 fully saturated rings. The van der Waals surface area contributed by atoms with Crippen LogP contribution in [0.2, 0.25) is 0 Å². The zero-order valence-electron chi connectivity index (χ0n) is 36.2. The van der Waals surface area contributed by atoms with E-state index >= 15 is 0 Å². The van der Waals surface area contributed by atoms with Crippen LogP contribution in [-0.4, -0.2) is 0 Å². The number of nitrogens with zero attached hydrogens (tertiary/aromatic N) is 4. The zero-order chi connectivity index (χ0) is 43.8. The van der Waals surface area contributed by atoms with Crippen LogP contribution >= 0.6 is 0 Å². The molecule has 66 heavy (non-hydrogen) atoms. The van der Waals surface area contributed by atoms with E-state index in [0.717, 1.165) is 102 Å². The summed E-state index contributed by atoms with van der Waals surface area (Å²) in [7, 11) is 0. The highest BCUT2D eigenvalue weighted by Gasteiger charge is 2.45. The first-order valence-electron chi connectivity index (χ1n) is 22.5. The van der Waals surface area contributed by atoms with Crippen molar-refractivity contribution in [1.82, 2.24) is 0 Å².